The van der Waals surface area contributed by atoms with Crippen LogP contribution in [0.1, 0.15) is 41.8 Å². The van der Waals surface area contributed by atoms with E-state index in [1.165, 1.54) is 11.4 Å². The van der Waals surface area contributed by atoms with E-state index >= 15 is 0 Å². The van der Waals surface area contributed by atoms with Crippen LogP contribution in [0.4, 0.5) is 17.1 Å². The number of thioether (sulfide) groups is 1. The van der Waals surface area contributed by atoms with Crippen LogP contribution >= 0.6 is 44.7 Å². The molecular formula is C48H57N6O4S4+. The van der Waals surface area contributed by atoms with Gasteiger partial charge in [-0.05, 0) is 85.4 Å². The molecule has 2 fully saturated rings. The Morgan fingerprint density at radius 3 is 1.90 bits per heavy atom. The van der Waals surface area contributed by atoms with Crippen molar-refractivity contribution in [3.8, 4) is 0 Å². The monoisotopic (exact) mass is 909 g/mol. The predicted molar refractivity (Wildman–Crippen MR) is 264 cm³/mol. The first kappa shape index (κ1) is 45.6. The highest BCUT2D eigenvalue weighted by Gasteiger charge is 2.22. The topological polar surface area (TPSA) is 121 Å². The van der Waals surface area contributed by atoms with Crippen molar-refractivity contribution in [2.24, 2.45) is 0 Å². The number of aliphatic hydroxyl groups is 2. The van der Waals surface area contributed by atoms with Crippen molar-refractivity contribution in [1.29, 1.82) is 0 Å². The number of nitrogens with one attached hydrogen (secondary N) is 3. The molecule has 2 amide bonds. The Hall–Kier alpha value is -4.44. The highest BCUT2D eigenvalue weighted by Crippen LogP contribution is 2.28. The van der Waals surface area contributed by atoms with Crippen LogP contribution in [0, 0.1) is 0 Å². The Morgan fingerprint density at radius 2 is 1.26 bits per heavy atom. The summed E-state index contributed by atoms with van der Waals surface area (Å²) >= 11 is 3.40. The summed E-state index contributed by atoms with van der Waals surface area (Å²) in [7, 11) is 3.38. The van der Waals surface area contributed by atoms with Gasteiger partial charge in [-0.25, -0.2) is 0 Å². The van der Waals surface area contributed by atoms with Gasteiger partial charge in [0.15, 0.2) is 0 Å². The normalized spacial score (nSPS) is 15.2. The highest BCUT2D eigenvalue weighted by molar-refractivity contribution is 8.76. The molecule has 5 aromatic rings. The van der Waals surface area contributed by atoms with Crippen LogP contribution < -0.4 is 30.3 Å². The summed E-state index contributed by atoms with van der Waals surface area (Å²) in [6.45, 7) is 5.11. The third kappa shape index (κ3) is 13.8. The number of hydrogen-bond donors (Lipinski definition) is 5. The number of hydrogen-bond acceptors (Lipinski definition) is 11. The number of aliphatic hydroxyl groups excluding tert-OH is 2. The van der Waals surface area contributed by atoms with Crippen LogP contribution in [0.2, 0.25) is 0 Å². The van der Waals surface area contributed by atoms with Crippen LogP contribution in [0.5, 0.6) is 0 Å². The Kier molecular flexibility index (Phi) is 17.5. The van der Waals surface area contributed by atoms with Crippen molar-refractivity contribution < 1.29 is 24.4 Å². The first-order valence-electron chi connectivity index (χ1n) is 21.4. The zero-order chi connectivity index (χ0) is 42.9. The molecule has 14 heteroatoms. The van der Waals surface area contributed by atoms with Gasteiger partial charge in [-0.2, -0.15) is 4.57 Å². The molecule has 3 heterocycles. The summed E-state index contributed by atoms with van der Waals surface area (Å²) in [6.07, 6.45) is 11.4. The van der Waals surface area contributed by atoms with Gasteiger partial charge in [0.05, 0.1) is 18.8 Å². The lowest BCUT2D eigenvalue weighted by atomic mass is 10.1. The van der Waals surface area contributed by atoms with Gasteiger partial charge >= 0.3 is 0 Å². The summed E-state index contributed by atoms with van der Waals surface area (Å²) in [5.74, 6) is 2.27. The van der Waals surface area contributed by atoms with E-state index in [2.05, 4.69) is 121 Å². The second-order valence-corrected chi connectivity index (χ2v) is 20.2. The zero-order valence-corrected chi connectivity index (χ0v) is 38.3. The lowest BCUT2D eigenvalue weighted by Crippen LogP contribution is -2.44. The number of nitrogens with zero attached hydrogens (tertiary/aromatic N) is 3. The number of fused-ring (bicyclic) bond motifs is 1. The van der Waals surface area contributed by atoms with Crippen LogP contribution in [0.3, 0.4) is 0 Å². The SMILES string of the molecule is O=C(CNc1ccccc1SC/C=C/c1ccc(N2CCC(O)CC2)cc1)NCCSSCCNC(=O)C[n+]1c(/C=C/c2ccc(N3CCC(O)CC3)cc2)sc2ccccc21. The minimum absolute atomic E-state index is 0.0245. The van der Waals surface area contributed by atoms with E-state index < -0.39 is 0 Å². The molecule has 7 rings (SSSR count). The molecule has 5 N–H and O–H groups in total. The van der Waals surface area contributed by atoms with Gasteiger partial charge in [0, 0.05) is 90.6 Å². The Labute approximate surface area is 381 Å². The Bertz CT molecular complexity index is 2250. The van der Waals surface area contributed by atoms with E-state index in [-0.39, 0.29) is 37.1 Å². The fourth-order valence-electron chi connectivity index (χ4n) is 7.43. The van der Waals surface area contributed by atoms with Gasteiger partial charge < -0.3 is 36.0 Å². The highest BCUT2D eigenvalue weighted by atomic mass is 33.1. The van der Waals surface area contributed by atoms with Gasteiger partial charge in [-0.3, -0.25) is 9.59 Å². The second kappa shape index (κ2) is 23.9. The molecule has 2 saturated heterocycles. The minimum atomic E-state index is -0.187. The summed E-state index contributed by atoms with van der Waals surface area (Å²) in [6, 6.07) is 33.4. The maximum Gasteiger partial charge on any atom is 0.286 e. The average molecular weight is 910 g/mol. The molecule has 4 aromatic carbocycles. The molecule has 10 nitrogen and oxygen atoms in total. The standard InChI is InChI=1S/C48H56N6O4S4/c55-40-21-27-52(28-22-40)38-16-11-36(12-17-38)6-5-31-59-44-9-3-1-7-42(44)51-34-46(57)49-25-32-60-61-33-26-50-47(58)35-54-43-8-2-4-10-45(43)62-48(54)20-15-37-13-18-39(19-14-37)53-29-23-41(56)24-30-53/h1-20,40-41,51,55-56H,21-35H2,(H-,49,50,57,58)/p+1/b6-5+. The largest absolute Gasteiger partial charge is 0.393 e. The summed E-state index contributed by atoms with van der Waals surface area (Å²) in [5, 5.41) is 30.0. The van der Waals surface area contributed by atoms with E-state index in [0.717, 1.165) is 106 Å². The predicted octanol–water partition coefficient (Wildman–Crippen LogP) is 7.81. The van der Waals surface area contributed by atoms with E-state index in [1.54, 1.807) is 44.7 Å². The molecule has 2 aliphatic rings. The molecule has 0 aliphatic carbocycles. The number of benzene rings is 4. The number of aromatic nitrogens is 1. The molecule has 0 saturated carbocycles. The number of amides is 2. The van der Waals surface area contributed by atoms with Crippen LogP contribution in [-0.4, -0.2) is 97.3 Å². The van der Waals surface area contributed by atoms with Crippen molar-refractivity contribution in [2.45, 2.75) is 49.3 Å². The smallest absolute Gasteiger partial charge is 0.286 e. The molecule has 326 valence electrons. The Morgan fingerprint density at radius 1 is 0.694 bits per heavy atom. The minimum Gasteiger partial charge on any atom is -0.393 e. The van der Waals surface area contributed by atoms with Crippen LogP contribution in [0.15, 0.2) is 108 Å². The average Bonchev–Trinajstić information content (AvgIpc) is 3.65. The molecule has 1 aromatic heterocycles. The third-order valence-electron chi connectivity index (χ3n) is 10.9. The molecule has 2 aliphatic heterocycles. The van der Waals surface area contributed by atoms with Crippen LogP contribution in [-0.2, 0) is 16.1 Å². The summed E-state index contributed by atoms with van der Waals surface area (Å²) in [4.78, 5) is 31.5. The quantitative estimate of drug-likeness (QED) is 0.0229. The van der Waals surface area contributed by atoms with E-state index in [4.69, 9.17) is 0 Å². The number of anilines is 3. The van der Waals surface area contributed by atoms with E-state index in [1.807, 2.05) is 30.3 Å². The van der Waals surface area contributed by atoms with Crippen molar-refractivity contribution >= 4 is 102 Å². The van der Waals surface area contributed by atoms with Gasteiger partial charge in [0.2, 0.25) is 18.0 Å². The van der Waals surface area contributed by atoms with Crippen molar-refractivity contribution in [3.63, 3.8) is 0 Å². The van der Waals surface area contributed by atoms with Crippen molar-refractivity contribution in [2.75, 3.05) is 78.2 Å². The molecule has 0 atom stereocenters. The molecular weight excluding hydrogens is 853 g/mol. The fourth-order valence-corrected chi connectivity index (χ4v) is 11.1. The number of carbonyl (C=O) groups excluding carboxylic acids is 2. The lowest BCUT2D eigenvalue weighted by molar-refractivity contribution is -0.655. The van der Waals surface area contributed by atoms with E-state index in [0.29, 0.717) is 13.1 Å². The van der Waals surface area contributed by atoms with Gasteiger partial charge in [0.1, 0.15) is 4.70 Å². The molecule has 62 heavy (non-hydrogen) atoms. The Balaban J connectivity index is 0.763. The number of para-hydroxylation sites is 2. The summed E-state index contributed by atoms with van der Waals surface area (Å²) in [5.41, 5.74) is 6.62. The number of thiazole rings is 1. The molecule has 0 spiro atoms. The lowest BCUT2D eigenvalue weighted by Gasteiger charge is -2.31. The van der Waals surface area contributed by atoms with Gasteiger partial charge in [0.25, 0.3) is 10.9 Å². The first-order chi connectivity index (χ1) is 30.4. The number of carbonyl (C=O) groups is 2. The van der Waals surface area contributed by atoms with Crippen molar-refractivity contribution in [3.05, 3.63) is 119 Å². The second-order valence-electron chi connectivity index (χ2n) is 15.4. The molecule has 0 unspecified atom stereocenters. The third-order valence-corrected chi connectivity index (χ3v) is 15.4. The fraction of sp³-hybridized carbons (Fsp3) is 0.354. The van der Waals surface area contributed by atoms with Gasteiger partial charge in [-0.15, -0.1) is 11.8 Å². The van der Waals surface area contributed by atoms with E-state index in [9.17, 15) is 19.8 Å². The number of piperidine rings is 2. The maximum absolute atomic E-state index is 13.1. The maximum atomic E-state index is 13.1. The zero-order valence-electron chi connectivity index (χ0n) is 35.0. The summed E-state index contributed by atoms with van der Waals surface area (Å²) < 4.78 is 3.22. The molecule has 0 bridgehead atoms. The van der Waals surface area contributed by atoms with Crippen molar-refractivity contribution in [1.82, 2.24) is 10.6 Å². The molecule has 0 radical (unpaired) electrons. The van der Waals surface area contributed by atoms with Crippen LogP contribution in [0.25, 0.3) is 28.4 Å². The number of rotatable bonds is 20. The van der Waals surface area contributed by atoms with Gasteiger partial charge in [-0.1, -0.05) is 93.6 Å². The first-order valence-corrected chi connectivity index (χ1v) is 25.7.